The highest BCUT2D eigenvalue weighted by Gasteiger charge is 2.31. The smallest absolute Gasteiger partial charge is 0.230 e. The zero-order chi connectivity index (χ0) is 20.5. The van der Waals surface area contributed by atoms with Gasteiger partial charge in [0, 0.05) is 23.6 Å². The third kappa shape index (κ3) is 4.48. The SMILES string of the molecule is C[C@@H](NC1CCC(c2nc(-c3ccc(F)cc3)no2)C1)c1cccc2ccccc12.Cl. The molecule has 0 aliphatic heterocycles. The molecule has 2 unspecified atom stereocenters. The first-order valence-corrected chi connectivity index (χ1v) is 10.5. The maximum absolute atomic E-state index is 13.1. The zero-order valence-electron chi connectivity index (χ0n) is 17.3. The lowest BCUT2D eigenvalue weighted by atomic mass is 9.99. The topological polar surface area (TPSA) is 51.0 Å². The molecule has 1 aliphatic carbocycles. The molecule has 0 amide bonds. The molecule has 1 N–H and O–H groups in total. The van der Waals surface area contributed by atoms with Crippen LogP contribution in [0.2, 0.25) is 0 Å². The first-order chi connectivity index (χ1) is 14.7. The molecule has 0 saturated heterocycles. The Labute approximate surface area is 187 Å². The van der Waals surface area contributed by atoms with Gasteiger partial charge in [0.1, 0.15) is 5.82 Å². The number of hydrogen-bond acceptors (Lipinski definition) is 4. The second kappa shape index (κ2) is 9.16. The quantitative estimate of drug-likeness (QED) is 0.390. The Balaban J connectivity index is 0.00000231. The van der Waals surface area contributed by atoms with Gasteiger partial charge in [0.25, 0.3) is 0 Å². The van der Waals surface area contributed by atoms with Crippen LogP contribution in [0.4, 0.5) is 4.39 Å². The van der Waals surface area contributed by atoms with Crippen molar-refractivity contribution in [1.29, 1.82) is 0 Å². The minimum absolute atomic E-state index is 0. The highest BCUT2D eigenvalue weighted by atomic mass is 35.5. The van der Waals surface area contributed by atoms with Gasteiger partial charge in [-0.1, -0.05) is 47.6 Å². The van der Waals surface area contributed by atoms with E-state index in [2.05, 4.69) is 64.8 Å². The summed E-state index contributed by atoms with van der Waals surface area (Å²) < 4.78 is 18.7. The Morgan fingerprint density at radius 2 is 1.77 bits per heavy atom. The van der Waals surface area contributed by atoms with Crippen molar-refractivity contribution in [1.82, 2.24) is 15.5 Å². The summed E-state index contributed by atoms with van der Waals surface area (Å²) in [5.41, 5.74) is 2.09. The molecule has 1 heterocycles. The van der Waals surface area contributed by atoms with Crippen molar-refractivity contribution in [2.24, 2.45) is 0 Å². The lowest BCUT2D eigenvalue weighted by molar-refractivity contribution is 0.350. The molecule has 5 rings (SSSR count). The van der Waals surface area contributed by atoms with Gasteiger partial charge in [-0.3, -0.25) is 0 Å². The predicted octanol–water partition coefficient (Wildman–Crippen LogP) is 6.44. The summed E-state index contributed by atoms with van der Waals surface area (Å²) in [5, 5.41) is 10.5. The van der Waals surface area contributed by atoms with E-state index in [1.54, 1.807) is 12.1 Å². The second-order valence-electron chi connectivity index (χ2n) is 8.13. The number of rotatable bonds is 5. The Hall–Kier alpha value is -2.76. The summed E-state index contributed by atoms with van der Waals surface area (Å²) in [6.45, 7) is 2.23. The maximum atomic E-state index is 13.1. The molecule has 6 heteroatoms. The Morgan fingerprint density at radius 3 is 2.61 bits per heavy atom. The number of nitrogens with one attached hydrogen (secondary N) is 1. The van der Waals surface area contributed by atoms with Crippen LogP contribution in [0.5, 0.6) is 0 Å². The second-order valence-corrected chi connectivity index (χ2v) is 8.13. The van der Waals surface area contributed by atoms with Gasteiger partial charge < -0.3 is 9.84 Å². The number of fused-ring (bicyclic) bond motifs is 1. The Bertz CT molecular complexity index is 1160. The van der Waals surface area contributed by atoms with Crippen LogP contribution in [0.25, 0.3) is 22.2 Å². The van der Waals surface area contributed by atoms with E-state index in [1.807, 2.05) is 0 Å². The molecule has 0 radical (unpaired) electrons. The molecule has 0 bridgehead atoms. The first-order valence-electron chi connectivity index (χ1n) is 10.5. The highest BCUT2D eigenvalue weighted by molar-refractivity contribution is 5.86. The van der Waals surface area contributed by atoms with Gasteiger partial charge in [-0.25, -0.2) is 4.39 Å². The fourth-order valence-electron chi connectivity index (χ4n) is 4.55. The summed E-state index contributed by atoms with van der Waals surface area (Å²) in [5.74, 6) is 1.18. The molecule has 1 fully saturated rings. The van der Waals surface area contributed by atoms with E-state index in [0.29, 0.717) is 17.8 Å². The molecular weight excluding hydrogens is 413 g/mol. The van der Waals surface area contributed by atoms with Crippen molar-refractivity contribution in [3.63, 3.8) is 0 Å². The molecule has 31 heavy (non-hydrogen) atoms. The summed E-state index contributed by atoms with van der Waals surface area (Å²) in [4.78, 5) is 4.58. The van der Waals surface area contributed by atoms with E-state index in [1.165, 1.54) is 28.5 Å². The van der Waals surface area contributed by atoms with E-state index >= 15 is 0 Å². The maximum Gasteiger partial charge on any atom is 0.230 e. The lowest BCUT2D eigenvalue weighted by Crippen LogP contribution is -2.29. The monoisotopic (exact) mass is 437 g/mol. The van der Waals surface area contributed by atoms with E-state index in [4.69, 9.17) is 4.52 Å². The molecule has 0 spiro atoms. The fraction of sp³-hybridized carbons (Fsp3) is 0.280. The number of benzene rings is 3. The van der Waals surface area contributed by atoms with Crippen LogP contribution in [-0.2, 0) is 0 Å². The fourth-order valence-corrected chi connectivity index (χ4v) is 4.55. The standard InChI is InChI=1S/C25H24FN3O.ClH/c1-16(22-8-4-6-17-5-2-3-7-23(17)22)27-21-14-11-19(15-21)25-28-24(29-30-25)18-9-12-20(26)13-10-18;/h2-10,12-13,16,19,21,27H,11,14-15H2,1H3;1H/t16-,19?,21?;/m1./s1. The van der Waals surface area contributed by atoms with Gasteiger partial charge in [0.15, 0.2) is 0 Å². The van der Waals surface area contributed by atoms with Crippen molar-refractivity contribution in [3.05, 3.63) is 84.0 Å². The Morgan fingerprint density at radius 1 is 1.00 bits per heavy atom. The average molecular weight is 438 g/mol. The number of halogens is 2. The van der Waals surface area contributed by atoms with Crippen molar-refractivity contribution < 1.29 is 8.91 Å². The molecule has 4 aromatic rings. The first kappa shape index (κ1) is 21.5. The molecule has 3 atom stereocenters. The van der Waals surface area contributed by atoms with Gasteiger partial charge in [0.2, 0.25) is 11.7 Å². The van der Waals surface area contributed by atoms with E-state index in [-0.39, 0.29) is 30.2 Å². The van der Waals surface area contributed by atoms with E-state index < -0.39 is 0 Å². The number of nitrogens with zero attached hydrogens (tertiary/aromatic N) is 2. The third-order valence-electron chi connectivity index (χ3n) is 6.10. The normalized spacial score (nSPS) is 19.3. The Kier molecular flexibility index (Phi) is 6.35. The minimum Gasteiger partial charge on any atom is -0.339 e. The van der Waals surface area contributed by atoms with Crippen molar-refractivity contribution in [2.75, 3.05) is 0 Å². The molecule has 3 aromatic carbocycles. The third-order valence-corrected chi connectivity index (χ3v) is 6.10. The van der Waals surface area contributed by atoms with Gasteiger partial charge in [-0.15, -0.1) is 12.4 Å². The van der Waals surface area contributed by atoms with Gasteiger partial charge in [0.05, 0.1) is 0 Å². The van der Waals surface area contributed by atoms with Gasteiger partial charge in [-0.2, -0.15) is 4.98 Å². The molecule has 4 nitrogen and oxygen atoms in total. The zero-order valence-corrected chi connectivity index (χ0v) is 18.1. The molecule has 1 saturated carbocycles. The van der Waals surface area contributed by atoms with Gasteiger partial charge in [-0.05, 0) is 66.8 Å². The highest BCUT2D eigenvalue weighted by Crippen LogP contribution is 2.36. The van der Waals surface area contributed by atoms with Crippen LogP contribution < -0.4 is 5.32 Å². The van der Waals surface area contributed by atoms with Crippen molar-refractivity contribution in [2.45, 2.75) is 44.2 Å². The van der Waals surface area contributed by atoms with Crippen molar-refractivity contribution in [3.8, 4) is 11.4 Å². The van der Waals surface area contributed by atoms with Crippen LogP contribution in [-0.4, -0.2) is 16.2 Å². The van der Waals surface area contributed by atoms with Crippen molar-refractivity contribution >= 4 is 23.2 Å². The van der Waals surface area contributed by atoms with E-state index in [0.717, 1.165) is 24.8 Å². The van der Waals surface area contributed by atoms with Crippen LogP contribution in [0, 0.1) is 5.82 Å². The lowest BCUT2D eigenvalue weighted by Gasteiger charge is -2.21. The number of hydrogen-bond donors (Lipinski definition) is 1. The summed E-state index contributed by atoms with van der Waals surface area (Å²) in [6.07, 6.45) is 3.07. The van der Waals surface area contributed by atoms with Crippen LogP contribution in [0.1, 0.15) is 49.6 Å². The largest absolute Gasteiger partial charge is 0.339 e. The average Bonchev–Trinajstić information content (AvgIpc) is 3.43. The van der Waals surface area contributed by atoms with E-state index in [9.17, 15) is 4.39 Å². The molecule has 1 aromatic heterocycles. The van der Waals surface area contributed by atoms with Crippen LogP contribution >= 0.6 is 12.4 Å². The molecule has 1 aliphatic rings. The van der Waals surface area contributed by atoms with Gasteiger partial charge >= 0.3 is 0 Å². The number of aromatic nitrogens is 2. The summed E-state index contributed by atoms with van der Waals surface area (Å²) >= 11 is 0. The summed E-state index contributed by atoms with van der Waals surface area (Å²) in [7, 11) is 0. The van der Waals surface area contributed by atoms with Crippen LogP contribution in [0.3, 0.4) is 0 Å². The molecule has 160 valence electrons. The van der Waals surface area contributed by atoms with Crippen LogP contribution in [0.15, 0.2) is 71.3 Å². The summed E-state index contributed by atoms with van der Waals surface area (Å²) in [6, 6.07) is 21.9. The minimum atomic E-state index is -0.271. The predicted molar refractivity (Wildman–Crippen MR) is 123 cm³/mol. The molecular formula is C25H25ClFN3O.